The highest BCUT2D eigenvalue weighted by atomic mass is 32.2. The van der Waals surface area contributed by atoms with Gasteiger partial charge in [-0.3, -0.25) is 9.58 Å². The molecule has 0 amide bonds. The fourth-order valence-corrected chi connectivity index (χ4v) is 6.19. The molecule has 6 rings (SSSR count). The van der Waals surface area contributed by atoms with Crippen molar-refractivity contribution >= 4 is 21.2 Å². The first-order chi connectivity index (χ1) is 19.3. The Morgan fingerprint density at radius 3 is 2.40 bits per heavy atom. The lowest BCUT2D eigenvalue weighted by Gasteiger charge is -2.35. The number of nitrogens with zero attached hydrogens (tertiary/aromatic N) is 8. The maximum Gasteiger partial charge on any atom is 0.175 e. The van der Waals surface area contributed by atoms with Gasteiger partial charge in [0.05, 0.1) is 28.4 Å². The van der Waals surface area contributed by atoms with E-state index in [1.807, 2.05) is 49.9 Å². The van der Waals surface area contributed by atoms with E-state index in [9.17, 15) is 13.7 Å². The van der Waals surface area contributed by atoms with Gasteiger partial charge in [-0.05, 0) is 29.8 Å². The average Bonchev–Trinajstić information content (AvgIpc) is 3.59. The summed E-state index contributed by atoms with van der Waals surface area (Å²) in [6.45, 7) is 3.78. The molecule has 5 heterocycles. The fourth-order valence-electron chi connectivity index (χ4n) is 5.26. The monoisotopic (exact) mass is 552 g/mol. The van der Waals surface area contributed by atoms with Crippen molar-refractivity contribution in [3.05, 3.63) is 84.6 Å². The van der Waals surface area contributed by atoms with Crippen LogP contribution in [0.15, 0.2) is 78.3 Å². The van der Waals surface area contributed by atoms with Gasteiger partial charge < -0.3 is 4.90 Å². The molecule has 0 bridgehead atoms. The number of aryl methyl sites for hydroxylation is 1. The Bertz CT molecular complexity index is 1840. The number of fused-ring (bicyclic) bond motifs is 1. The number of hydrogen-bond acceptors (Lipinski definition) is 8. The predicted molar refractivity (Wildman–Crippen MR) is 152 cm³/mol. The maximum atomic E-state index is 12.2. The van der Waals surface area contributed by atoms with Gasteiger partial charge in [0.2, 0.25) is 0 Å². The van der Waals surface area contributed by atoms with Gasteiger partial charge in [0.1, 0.15) is 11.9 Å². The number of piperazine rings is 1. The summed E-state index contributed by atoms with van der Waals surface area (Å²) in [5.41, 5.74) is 5.76. The molecule has 1 aliphatic rings. The molecule has 1 fully saturated rings. The van der Waals surface area contributed by atoms with E-state index in [0.717, 1.165) is 65.3 Å². The predicted octanol–water partition coefficient (Wildman–Crippen LogP) is 3.39. The minimum absolute atomic E-state index is 0.397. The zero-order chi connectivity index (χ0) is 27.9. The van der Waals surface area contributed by atoms with Crippen LogP contribution in [0, 0.1) is 11.3 Å². The van der Waals surface area contributed by atoms with E-state index in [0.29, 0.717) is 17.0 Å². The minimum Gasteiger partial charge on any atom is -0.354 e. The smallest absolute Gasteiger partial charge is 0.175 e. The molecule has 11 heteroatoms. The van der Waals surface area contributed by atoms with Crippen molar-refractivity contribution in [2.24, 2.45) is 7.05 Å². The molecule has 10 nitrogen and oxygen atoms in total. The van der Waals surface area contributed by atoms with Crippen LogP contribution in [0.3, 0.4) is 0 Å². The van der Waals surface area contributed by atoms with Gasteiger partial charge in [0.15, 0.2) is 9.84 Å². The van der Waals surface area contributed by atoms with Crippen LogP contribution in [0.4, 0.5) is 5.82 Å². The molecular formula is C29H28N8O2S. The highest BCUT2D eigenvalue weighted by Crippen LogP contribution is 2.32. The Kier molecular flexibility index (Phi) is 6.57. The third-order valence-corrected chi connectivity index (χ3v) is 8.49. The molecule has 0 aliphatic carbocycles. The molecule has 5 aromatic rings. The topological polar surface area (TPSA) is 112 Å². The summed E-state index contributed by atoms with van der Waals surface area (Å²) in [5.74, 6) is 0.883. The first kappa shape index (κ1) is 25.7. The quantitative estimate of drug-likeness (QED) is 0.315. The van der Waals surface area contributed by atoms with Crippen molar-refractivity contribution in [3.8, 4) is 28.3 Å². The highest BCUT2D eigenvalue weighted by molar-refractivity contribution is 7.90. The Labute approximate surface area is 232 Å². The van der Waals surface area contributed by atoms with E-state index in [-0.39, 0.29) is 0 Å². The maximum absolute atomic E-state index is 12.2. The van der Waals surface area contributed by atoms with Crippen LogP contribution in [0.2, 0.25) is 0 Å². The largest absolute Gasteiger partial charge is 0.354 e. The molecule has 0 atom stereocenters. The average molecular weight is 553 g/mol. The Hall–Kier alpha value is -4.53. The molecule has 1 aliphatic heterocycles. The van der Waals surface area contributed by atoms with Crippen LogP contribution in [-0.2, 0) is 23.4 Å². The summed E-state index contributed by atoms with van der Waals surface area (Å²) in [4.78, 5) is 9.70. The van der Waals surface area contributed by atoms with Crippen molar-refractivity contribution in [2.45, 2.75) is 11.4 Å². The molecule has 0 N–H and O–H groups in total. The van der Waals surface area contributed by atoms with Gasteiger partial charge in [-0.2, -0.15) is 15.5 Å². The van der Waals surface area contributed by atoms with Gasteiger partial charge in [-0.25, -0.2) is 17.9 Å². The Morgan fingerprint density at radius 1 is 0.925 bits per heavy atom. The molecule has 0 saturated carbocycles. The summed E-state index contributed by atoms with van der Waals surface area (Å²) in [6, 6.07) is 15.6. The van der Waals surface area contributed by atoms with Gasteiger partial charge >= 0.3 is 0 Å². The van der Waals surface area contributed by atoms with Crippen LogP contribution in [0.5, 0.6) is 0 Å². The highest BCUT2D eigenvalue weighted by Gasteiger charge is 2.21. The lowest BCUT2D eigenvalue weighted by atomic mass is 10.0. The van der Waals surface area contributed by atoms with E-state index < -0.39 is 9.84 Å². The van der Waals surface area contributed by atoms with Crippen molar-refractivity contribution in [2.75, 3.05) is 37.3 Å². The van der Waals surface area contributed by atoms with E-state index in [4.69, 9.17) is 4.98 Å². The van der Waals surface area contributed by atoms with Crippen LogP contribution in [-0.4, -0.2) is 70.1 Å². The standard InChI is InChI=1S/C29H28N8O2S/c1-34-18-25(17-32-34)23-13-26(29-24(14-30)16-33-37(29)20-23)21-7-8-28(31-15-21)36-11-9-35(10-12-36)19-22-5-3-4-6-27(22)40(2,38)39/h3-8,13,15-18,20H,9-12,19H2,1-2H3. The molecule has 40 heavy (non-hydrogen) atoms. The number of rotatable bonds is 6. The Morgan fingerprint density at radius 2 is 1.73 bits per heavy atom. The summed E-state index contributed by atoms with van der Waals surface area (Å²) in [5, 5.41) is 18.4. The van der Waals surface area contributed by atoms with Crippen molar-refractivity contribution < 1.29 is 8.42 Å². The van der Waals surface area contributed by atoms with Gasteiger partial charge in [0.25, 0.3) is 0 Å². The van der Waals surface area contributed by atoms with Gasteiger partial charge in [0, 0.05) is 86.9 Å². The van der Waals surface area contributed by atoms with Gasteiger partial charge in [-0.1, -0.05) is 18.2 Å². The summed E-state index contributed by atoms with van der Waals surface area (Å²) in [6.07, 6.45) is 10.3. The minimum atomic E-state index is -3.27. The van der Waals surface area contributed by atoms with Crippen molar-refractivity contribution in [1.29, 1.82) is 5.26 Å². The van der Waals surface area contributed by atoms with Crippen LogP contribution < -0.4 is 4.90 Å². The third-order valence-electron chi connectivity index (χ3n) is 7.29. The van der Waals surface area contributed by atoms with E-state index in [2.05, 4.69) is 32.1 Å². The summed E-state index contributed by atoms with van der Waals surface area (Å²) >= 11 is 0. The molecule has 0 spiro atoms. The number of pyridine rings is 2. The SMILES string of the molecule is Cn1cc(-c2cc(-c3ccc(N4CCN(Cc5ccccc5S(C)(=O)=O)CC4)nc3)c3c(C#N)cnn3c2)cn1. The second kappa shape index (κ2) is 10.2. The number of benzene rings is 1. The number of sulfone groups is 1. The number of aromatic nitrogens is 5. The van der Waals surface area contributed by atoms with Crippen molar-refractivity contribution in [1.82, 2.24) is 29.3 Å². The third kappa shape index (κ3) is 4.95. The number of nitriles is 1. The molecule has 0 radical (unpaired) electrons. The summed E-state index contributed by atoms with van der Waals surface area (Å²) in [7, 11) is -1.39. The van der Waals surface area contributed by atoms with Gasteiger partial charge in [-0.15, -0.1) is 0 Å². The van der Waals surface area contributed by atoms with Crippen molar-refractivity contribution in [3.63, 3.8) is 0 Å². The summed E-state index contributed by atoms with van der Waals surface area (Å²) < 4.78 is 27.9. The molecular weight excluding hydrogens is 524 g/mol. The van der Waals surface area contributed by atoms with E-state index in [1.165, 1.54) is 6.26 Å². The van der Waals surface area contributed by atoms with Crippen LogP contribution in [0.25, 0.3) is 27.8 Å². The zero-order valence-corrected chi connectivity index (χ0v) is 23.1. The van der Waals surface area contributed by atoms with Crippen LogP contribution >= 0.6 is 0 Å². The number of anilines is 1. The van der Waals surface area contributed by atoms with Crippen LogP contribution in [0.1, 0.15) is 11.1 Å². The lowest BCUT2D eigenvalue weighted by Crippen LogP contribution is -2.46. The van der Waals surface area contributed by atoms with E-state index >= 15 is 0 Å². The molecule has 1 saturated heterocycles. The molecule has 202 valence electrons. The first-order valence-corrected chi connectivity index (χ1v) is 14.8. The lowest BCUT2D eigenvalue weighted by molar-refractivity contribution is 0.247. The Balaban J connectivity index is 1.22. The number of hydrogen-bond donors (Lipinski definition) is 0. The molecule has 1 aromatic carbocycles. The zero-order valence-electron chi connectivity index (χ0n) is 22.3. The molecule has 4 aromatic heterocycles. The fraction of sp³-hybridized carbons (Fsp3) is 0.241. The van der Waals surface area contributed by atoms with E-state index in [1.54, 1.807) is 33.7 Å². The second-order valence-electron chi connectivity index (χ2n) is 10.1. The molecule has 0 unspecified atom stereocenters. The normalized spacial score (nSPS) is 14.5. The second-order valence-corrected chi connectivity index (χ2v) is 12.0. The first-order valence-electron chi connectivity index (χ1n) is 12.9.